The number of unbranched alkanes of at least 4 members (excludes halogenated alkanes) is 1. The van der Waals surface area contributed by atoms with Crippen molar-refractivity contribution >= 4 is 5.78 Å². The number of ketones is 1. The molecule has 0 aliphatic rings. The summed E-state index contributed by atoms with van der Waals surface area (Å²) in [5.41, 5.74) is 0.721. The molecule has 2 nitrogen and oxygen atoms in total. The Balaban J connectivity index is 2.71. The molecule has 0 aliphatic carbocycles. The zero-order valence-electron chi connectivity index (χ0n) is 9.65. The second-order valence-electron chi connectivity index (χ2n) is 3.93. The predicted octanol–water partition coefficient (Wildman–Crippen LogP) is 3.59. The van der Waals surface area contributed by atoms with Crippen LogP contribution in [0.5, 0.6) is 0 Å². The largest absolute Gasteiger partial charge is 0.294 e. The second-order valence-corrected chi connectivity index (χ2v) is 3.93. The van der Waals surface area contributed by atoms with Crippen LogP contribution in [0.3, 0.4) is 0 Å². The van der Waals surface area contributed by atoms with Gasteiger partial charge in [-0.2, -0.15) is 5.26 Å². The van der Waals surface area contributed by atoms with Gasteiger partial charge in [0.25, 0.3) is 0 Å². The Hall–Kier alpha value is -1.62. The lowest BCUT2D eigenvalue weighted by molar-refractivity contribution is 0.0913. The van der Waals surface area contributed by atoms with Gasteiger partial charge in [-0.3, -0.25) is 4.79 Å². The molecule has 1 atom stereocenters. The monoisotopic (exact) mass is 215 g/mol. The molecule has 1 aromatic carbocycles. The molecule has 1 unspecified atom stereocenters. The topological polar surface area (TPSA) is 40.9 Å². The van der Waals surface area contributed by atoms with Gasteiger partial charge in [-0.25, -0.2) is 0 Å². The fourth-order valence-electron chi connectivity index (χ4n) is 1.72. The lowest BCUT2D eigenvalue weighted by Crippen LogP contribution is -2.14. The average molecular weight is 215 g/mol. The SMILES string of the molecule is CCCCC(CC#N)C(=O)c1ccccc1. The van der Waals surface area contributed by atoms with Crippen LogP contribution in [0, 0.1) is 17.2 Å². The first-order valence-corrected chi connectivity index (χ1v) is 5.75. The summed E-state index contributed by atoms with van der Waals surface area (Å²) in [7, 11) is 0. The van der Waals surface area contributed by atoms with Gasteiger partial charge in [-0.15, -0.1) is 0 Å². The molecular formula is C14H17NO. The van der Waals surface area contributed by atoms with Gasteiger partial charge in [0.05, 0.1) is 6.07 Å². The van der Waals surface area contributed by atoms with Crippen LogP contribution >= 0.6 is 0 Å². The molecule has 0 spiro atoms. The molecule has 0 heterocycles. The van der Waals surface area contributed by atoms with Gasteiger partial charge >= 0.3 is 0 Å². The van der Waals surface area contributed by atoms with Crippen molar-refractivity contribution in [3.63, 3.8) is 0 Å². The molecule has 0 aliphatic heterocycles. The average Bonchev–Trinajstić information content (AvgIpc) is 2.35. The summed E-state index contributed by atoms with van der Waals surface area (Å²) < 4.78 is 0. The highest BCUT2D eigenvalue weighted by Gasteiger charge is 2.18. The highest BCUT2D eigenvalue weighted by atomic mass is 16.1. The van der Waals surface area contributed by atoms with Crippen LogP contribution in [0.2, 0.25) is 0 Å². The summed E-state index contributed by atoms with van der Waals surface area (Å²) in [4.78, 5) is 12.1. The Morgan fingerprint density at radius 2 is 2.06 bits per heavy atom. The third-order valence-electron chi connectivity index (χ3n) is 2.67. The van der Waals surface area contributed by atoms with E-state index in [-0.39, 0.29) is 11.7 Å². The van der Waals surface area contributed by atoms with Crippen LogP contribution < -0.4 is 0 Å². The Kier molecular flexibility index (Phi) is 5.28. The van der Waals surface area contributed by atoms with E-state index >= 15 is 0 Å². The van der Waals surface area contributed by atoms with E-state index in [1.54, 1.807) is 0 Å². The molecular weight excluding hydrogens is 198 g/mol. The summed E-state index contributed by atoms with van der Waals surface area (Å²) in [6.45, 7) is 2.09. The Labute approximate surface area is 96.9 Å². The van der Waals surface area contributed by atoms with Crippen LogP contribution in [0.1, 0.15) is 43.0 Å². The summed E-state index contributed by atoms with van der Waals surface area (Å²) in [5.74, 6) is -0.0250. The Morgan fingerprint density at radius 3 is 2.62 bits per heavy atom. The molecule has 0 N–H and O–H groups in total. The Morgan fingerprint density at radius 1 is 1.38 bits per heavy atom. The molecule has 0 saturated heterocycles. The Bertz CT molecular complexity index is 364. The number of rotatable bonds is 6. The summed E-state index contributed by atoms with van der Waals surface area (Å²) in [6, 6.07) is 11.3. The maximum absolute atomic E-state index is 12.1. The number of nitriles is 1. The van der Waals surface area contributed by atoms with Crippen molar-refractivity contribution in [2.24, 2.45) is 5.92 Å². The number of carbonyl (C=O) groups excluding carboxylic acids is 1. The van der Waals surface area contributed by atoms with Gasteiger partial charge in [-0.1, -0.05) is 50.1 Å². The number of carbonyl (C=O) groups is 1. The van der Waals surface area contributed by atoms with Crippen LogP contribution in [0.25, 0.3) is 0 Å². The number of Topliss-reactive ketones (excluding diaryl/α,β-unsaturated/α-hetero) is 1. The summed E-state index contributed by atoms with van der Waals surface area (Å²) in [5, 5.41) is 8.73. The maximum Gasteiger partial charge on any atom is 0.166 e. The summed E-state index contributed by atoms with van der Waals surface area (Å²) in [6.07, 6.45) is 3.21. The van der Waals surface area contributed by atoms with Crippen molar-refractivity contribution in [2.75, 3.05) is 0 Å². The molecule has 1 aromatic rings. The molecule has 16 heavy (non-hydrogen) atoms. The van der Waals surface area contributed by atoms with Gasteiger partial charge in [0.15, 0.2) is 5.78 Å². The van der Waals surface area contributed by atoms with Crippen molar-refractivity contribution in [3.05, 3.63) is 35.9 Å². The van der Waals surface area contributed by atoms with E-state index in [1.807, 2.05) is 30.3 Å². The van der Waals surface area contributed by atoms with Gasteiger partial charge in [0.1, 0.15) is 0 Å². The van der Waals surface area contributed by atoms with Gasteiger partial charge in [-0.05, 0) is 6.42 Å². The highest BCUT2D eigenvalue weighted by molar-refractivity contribution is 5.97. The van der Waals surface area contributed by atoms with Crippen molar-refractivity contribution < 1.29 is 4.79 Å². The highest BCUT2D eigenvalue weighted by Crippen LogP contribution is 2.18. The van der Waals surface area contributed by atoms with Crippen LogP contribution in [0.15, 0.2) is 30.3 Å². The van der Waals surface area contributed by atoms with E-state index in [4.69, 9.17) is 5.26 Å². The van der Waals surface area contributed by atoms with Crippen molar-refractivity contribution in [2.45, 2.75) is 32.6 Å². The number of hydrogen-bond acceptors (Lipinski definition) is 2. The van der Waals surface area contributed by atoms with Crippen molar-refractivity contribution in [1.82, 2.24) is 0 Å². The van der Waals surface area contributed by atoms with Crippen LogP contribution in [-0.4, -0.2) is 5.78 Å². The number of nitrogens with zero attached hydrogens (tertiary/aromatic N) is 1. The van der Waals surface area contributed by atoms with Gasteiger partial charge < -0.3 is 0 Å². The van der Waals surface area contributed by atoms with Crippen LogP contribution in [0.4, 0.5) is 0 Å². The molecule has 2 heteroatoms. The van der Waals surface area contributed by atoms with Crippen molar-refractivity contribution in [3.8, 4) is 6.07 Å². The lowest BCUT2D eigenvalue weighted by Gasteiger charge is -2.11. The zero-order chi connectivity index (χ0) is 11.8. The van der Waals surface area contributed by atoms with Crippen LogP contribution in [-0.2, 0) is 0 Å². The molecule has 0 bridgehead atoms. The molecule has 0 saturated carbocycles. The fraction of sp³-hybridized carbons (Fsp3) is 0.429. The summed E-state index contributed by atoms with van der Waals surface area (Å²) >= 11 is 0. The van der Waals surface area contributed by atoms with E-state index in [1.165, 1.54) is 0 Å². The minimum atomic E-state index is -0.132. The smallest absolute Gasteiger partial charge is 0.166 e. The first-order valence-electron chi connectivity index (χ1n) is 5.75. The fourth-order valence-corrected chi connectivity index (χ4v) is 1.72. The van der Waals surface area contributed by atoms with Gasteiger partial charge in [0.2, 0.25) is 0 Å². The molecule has 0 radical (unpaired) electrons. The molecule has 0 fully saturated rings. The van der Waals surface area contributed by atoms with E-state index in [9.17, 15) is 4.79 Å². The molecule has 0 aromatic heterocycles. The van der Waals surface area contributed by atoms with E-state index in [0.29, 0.717) is 6.42 Å². The zero-order valence-corrected chi connectivity index (χ0v) is 9.65. The molecule has 84 valence electrons. The maximum atomic E-state index is 12.1. The minimum Gasteiger partial charge on any atom is -0.294 e. The minimum absolute atomic E-state index is 0.107. The lowest BCUT2D eigenvalue weighted by atomic mass is 9.90. The first kappa shape index (κ1) is 12.4. The predicted molar refractivity (Wildman–Crippen MR) is 64.0 cm³/mol. The van der Waals surface area contributed by atoms with Gasteiger partial charge in [0, 0.05) is 17.9 Å². The normalized spacial score (nSPS) is 11.8. The number of hydrogen-bond donors (Lipinski definition) is 0. The third-order valence-corrected chi connectivity index (χ3v) is 2.67. The molecule has 0 amide bonds. The second kappa shape index (κ2) is 6.79. The van der Waals surface area contributed by atoms with E-state index in [2.05, 4.69) is 13.0 Å². The first-order chi connectivity index (χ1) is 7.79. The molecule has 1 rings (SSSR count). The quantitative estimate of drug-likeness (QED) is 0.680. The third kappa shape index (κ3) is 3.51. The van der Waals surface area contributed by atoms with E-state index in [0.717, 1.165) is 24.8 Å². The van der Waals surface area contributed by atoms with Crippen molar-refractivity contribution in [1.29, 1.82) is 5.26 Å². The van der Waals surface area contributed by atoms with E-state index < -0.39 is 0 Å². The standard InChI is InChI=1S/C14H17NO/c1-2-3-7-13(10-11-15)14(16)12-8-5-4-6-9-12/h4-6,8-9,13H,2-3,7,10H2,1H3. The number of benzene rings is 1.